The molecule has 0 aliphatic heterocycles. The molecule has 1 aromatic heterocycles. The van der Waals surface area contributed by atoms with E-state index in [1.165, 1.54) is 0 Å². The van der Waals surface area contributed by atoms with Crippen molar-refractivity contribution in [3.05, 3.63) is 28.7 Å². The minimum absolute atomic E-state index is 0.136. The van der Waals surface area contributed by atoms with E-state index in [-0.39, 0.29) is 18.8 Å². The molecule has 1 atom stereocenters. The number of ether oxygens (including phenoxy) is 1. The van der Waals surface area contributed by atoms with E-state index in [4.69, 9.17) is 10.5 Å². The van der Waals surface area contributed by atoms with Crippen molar-refractivity contribution >= 4 is 11.0 Å². The van der Waals surface area contributed by atoms with E-state index in [9.17, 15) is 9.90 Å². The van der Waals surface area contributed by atoms with Gasteiger partial charge in [0.1, 0.15) is 18.5 Å². The lowest BCUT2D eigenvalue weighted by Gasteiger charge is -2.09. The molecule has 0 spiro atoms. The molecule has 0 saturated carbocycles. The number of nitrogens with one attached hydrogen (secondary N) is 2. The van der Waals surface area contributed by atoms with Crippen LogP contribution in [0.2, 0.25) is 0 Å². The largest absolute Gasteiger partial charge is 0.491 e. The van der Waals surface area contributed by atoms with E-state index in [2.05, 4.69) is 9.97 Å². The highest BCUT2D eigenvalue weighted by Crippen LogP contribution is 2.16. The van der Waals surface area contributed by atoms with Crippen LogP contribution in [0.5, 0.6) is 5.75 Å². The summed E-state index contributed by atoms with van der Waals surface area (Å²) in [6.45, 7) is 0.292. The molecule has 1 heterocycles. The molecule has 2 rings (SSSR count). The van der Waals surface area contributed by atoms with Crippen LogP contribution >= 0.6 is 0 Å². The summed E-state index contributed by atoms with van der Waals surface area (Å²) < 4.78 is 5.31. The number of aromatic nitrogens is 2. The first-order valence-corrected chi connectivity index (χ1v) is 4.92. The van der Waals surface area contributed by atoms with Gasteiger partial charge in [-0.3, -0.25) is 0 Å². The Balaban J connectivity index is 2.16. The van der Waals surface area contributed by atoms with E-state index in [0.717, 1.165) is 5.52 Å². The lowest BCUT2D eigenvalue weighted by molar-refractivity contribution is 0.114. The topological polar surface area (TPSA) is 104 Å². The highest BCUT2D eigenvalue weighted by molar-refractivity contribution is 5.75. The average Bonchev–Trinajstić information content (AvgIpc) is 2.65. The smallest absolute Gasteiger partial charge is 0.323 e. The van der Waals surface area contributed by atoms with Crippen molar-refractivity contribution in [1.29, 1.82) is 0 Å². The van der Waals surface area contributed by atoms with E-state index in [1.54, 1.807) is 18.2 Å². The first-order valence-electron chi connectivity index (χ1n) is 4.92. The van der Waals surface area contributed by atoms with Gasteiger partial charge >= 0.3 is 5.69 Å². The number of hydrogen-bond acceptors (Lipinski definition) is 4. The van der Waals surface area contributed by atoms with Crippen LogP contribution in [0.3, 0.4) is 0 Å². The number of hydrogen-bond donors (Lipinski definition) is 4. The molecule has 16 heavy (non-hydrogen) atoms. The maximum atomic E-state index is 11.0. The lowest BCUT2D eigenvalue weighted by atomic mass is 10.3. The fraction of sp³-hybridized carbons (Fsp3) is 0.300. The second-order valence-corrected chi connectivity index (χ2v) is 3.49. The minimum Gasteiger partial charge on any atom is -0.491 e. The van der Waals surface area contributed by atoms with E-state index in [1.807, 2.05) is 0 Å². The molecule has 0 aliphatic carbocycles. The number of rotatable bonds is 4. The average molecular weight is 223 g/mol. The van der Waals surface area contributed by atoms with Gasteiger partial charge in [-0.05, 0) is 12.1 Å². The third-order valence-electron chi connectivity index (χ3n) is 2.20. The number of benzene rings is 1. The van der Waals surface area contributed by atoms with Crippen LogP contribution in [0.1, 0.15) is 0 Å². The molecular weight excluding hydrogens is 210 g/mol. The zero-order valence-corrected chi connectivity index (χ0v) is 8.56. The van der Waals surface area contributed by atoms with Gasteiger partial charge in [-0.2, -0.15) is 0 Å². The van der Waals surface area contributed by atoms with Crippen LogP contribution in [-0.2, 0) is 0 Å². The Morgan fingerprint density at radius 3 is 2.88 bits per heavy atom. The summed E-state index contributed by atoms with van der Waals surface area (Å²) in [6.07, 6.45) is -0.680. The number of nitrogens with two attached hydrogens (primary N) is 1. The first-order chi connectivity index (χ1) is 7.69. The molecular formula is C10H13N3O3. The Hall–Kier alpha value is -1.79. The molecule has 0 saturated heterocycles. The lowest BCUT2D eigenvalue weighted by Crippen LogP contribution is -2.26. The quantitative estimate of drug-likeness (QED) is 0.563. The Labute approximate surface area is 91.0 Å². The van der Waals surface area contributed by atoms with Crippen LogP contribution < -0.4 is 16.2 Å². The predicted molar refractivity (Wildman–Crippen MR) is 59.5 cm³/mol. The van der Waals surface area contributed by atoms with Crippen LogP contribution in [0.15, 0.2) is 23.0 Å². The highest BCUT2D eigenvalue weighted by atomic mass is 16.5. The second kappa shape index (κ2) is 4.38. The Morgan fingerprint density at radius 2 is 2.12 bits per heavy atom. The van der Waals surface area contributed by atoms with Gasteiger partial charge < -0.3 is 25.5 Å². The number of aliphatic hydroxyl groups is 1. The molecule has 6 heteroatoms. The normalized spacial score (nSPS) is 12.9. The van der Waals surface area contributed by atoms with Gasteiger partial charge in [-0.15, -0.1) is 0 Å². The maximum absolute atomic E-state index is 11.0. The summed E-state index contributed by atoms with van der Waals surface area (Å²) in [7, 11) is 0. The third kappa shape index (κ3) is 2.23. The molecule has 86 valence electrons. The summed E-state index contributed by atoms with van der Waals surface area (Å²) in [5.74, 6) is 0.579. The van der Waals surface area contributed by atoms with E-state index >= 15 is 0 Å². The van der Waals surface area contributed by atoms with Gasteiger partial charge in [0.05, 0.1) is 11.0 Å². The van der Waals surface area contributed by atoms with E-state index in [0.29, 0.717) is 11.3 Å². The van der Waals surface area contributed by atoms with Crippen molar-refractivity contribution in [2.75, 3.05) is 13.2 Å². The molecule has 1 aromatic carbocycles. The fourth-order valence-corrected chi connectivity index (χ4v) is 1.36. The van der Waals surface area contributed by atoms with Crippen molar-refractivity contribution in [1.82, 2.24) is 9.97 Å². The third-order valence-corrected chi connectivity index (χ3v) is 2.20. The minimum atomic E-state index is -0.680. The highest BCUT2D eigenvalue weighted by Gasteiger charge is 2.04. The maximum Gasteiger partial charge on any atom is 0.323 e. The number of fused-ring (bicyclic) bond motifs is 1. The van der Waals surface area contributed by atoms with Gasteiger partial charge in [-0.1, -0.05) is 0 Å². The summed E-state index contributed by atoms with van der Waals surface area (Å²) in [6, 6.07) is 5.14. The Morgan fingerprint density at radius 1 is 1.38 bits per heavy atom. The van der Waals surface area contributed by atoms with Crippen molar-refractivity contribution in [3.63, 3.8) is 0 Å². The van der Waals surface area contributed by atoms with Gasteiger partial charge in [0, 0.05) is 12.6 Å². The summed E-state index contributed by atoms with van der Waals surface area (Å²) in [5.41, 5.74) is 6.38. The number of imidazole rings is 1. The first kappa shape index (κ1) is 10.7. The number of H-pyrrole nitrogens is 2. The van der Waals surface area contributed by atoms with Gasteiger partial charge in [0.25, 0.3) is 0 Å². The van der Waals surface area contributed by atoms with Crippen LogP contribution in [0.4, 0.5) is 0 Å². The van der Waals surface area contributed by atoms with Crippen molar-refractivity contribution < 1.29 is 9.84 Å². The molecule has 0 bridgehead atoms. The molecule has 5 N–H and O–H groups in total. The molecule has 0 unspecified atom stereocenters. The van der Waals surface area contributed by atoms with Crippen molar-refractivity contribution in [3.8, 4) is 5.75 Å². The number of aromatic amines is 2. The molecule has 2 aromatic rings. The monoisotopic (exact) mass is 223 g/mol. The standard InChI is InChI=1S/C10H13N3O3/c11-4-6(14)5-16-7-1-2-8-9(3-7)13-10(15)12-8/h1-3,6,14H,4-5,11H2,(H2,12,13,15)/t6-/m0/s1. The zero-order valence-electron chi connectivity index (χ0n) is 8.56. The van der Waals surface area contributed by atoms with Gasteiger partial charge in [0.2, 0.25) is 0 Å². The second-order valence-electron chi connectivity index (χ2n) is 3.49. The summed E-state index contributed by atoms with van der Waals surface area (Å²) in [5, 5.41) is 9.22. The van der Waals surface area contributed by atoms with Crippen molar-refractivity contribution in [2.45, 2.75) is 6.10 Å². The Bertz CT molecular complexity index is 531. The molecule has 0 fully saturated rings. The molecule has 0 amide bonds. The fourth-order valence-electron chi connectivity index (χ4n) is 1.36. The van der Waals surface area contributed by atoms with Crippen LogP contribution in [-0.4, -0.2) is 34.3 Å². The van der Waals surface area contributed by atoms with E-state index < -0.39 is 6.10 Å². The van der Waals surface area contributed by atoms with Crippen LogP contribution in [0.25, 0.3) is 11.0 Å². The SMILES string of the molecule is NC[C@H](O)COc1ccc2[nH]c(=O)[nH]c2c1. The van der Waals surface area contributed by atoms with Crippen molar-refractivity contribution in [2.24, 2.45) is 5.73 Å². The molecule has 0 aliphatic rings. The van der Waals surface area contributed by atoms with Gasteiger partial charge in [-0.25, -0.2) is 4.79 Å². The summed E-state index contributed by atoms with van der Waals surface area (Å²) >= 11 is 0. The molecule has 6 nitrogen and oxygen atoms in total. The Kier molecular flexibility index (Phi) is 2.93. The number of aliphatic hydroxyl groups excluding tert-OH is 1. The molecule has 0 radical (unpaired) electrons. The zero-order chi connectivity index (χ0) is 11.5. The summed E-state index contributed by atoms with van der Waals surface area (Å²) in [4.78, 5) is 16.3. The van der Waals surface area contributed by atoms with Crippen LogP contribution in [0, 0.1) is 0 Å². The predicted octanol–water partition coefficient (Wildman–Crippen LogP) is -0.445. The van der Waals surface area contributed by atoms with Gasteiger partial charge in [0.15, 0.2) is 0 Å².